The molecule has 25 heavy (non-hydrogen) atoms. The van der Waals surface area contributed by atoms with Crippen LogP contribution in [0.1, 0.15) is 56.5 Å². The Balaban J connectivity index is 2.01. The van der Waals surface area contributed by atoms with Gasteiger partial charge in [0, 0.05) is 31.7 Å². The third-order valence-electron chi connectivity index (χ3n) is 4.10. The van der Waals surface area contributed by atoms with E-state index in [0.717, 1.165) is 25.1 Å². The number of hydrogen-bond acceptors (Lipinski definition) is 4. The molecule has 0 fully saturated rings. The zero-order valence-corrected chi connectivity index (χ0v) is 15.8. The third kappa shape index (κ3) is 5.28. The molecule has 5 heteroatoms. The third-order valence-corrected chi connectivity index (χ3v) is 4.10. The van der Waals surface area contributed by atoms with Crippen LogP contribution in [0.5, 0.6) is 0 Å². The first kappa shape index (κ1) is 18.9. The first-order valence-electron chi connectivity index (χ1n) is 8.76. The maximum absolute atomic E-state index is 12.3. The summed E-state index contributed by atoms with van der Waals surface area (Å²) >= 11 is 0. The van der Waals surface area contributed by atoms with Gasteiger partial charge in [0.05, 0.1) is 5.56 Å². The van der Waals surface area contributed by atoms with Crippen molar-refractivity contribution in [1.29, 1.82) is 0 Å². The molecule has 0 aliphatic heterocycles. The number of benzene rings is 1. The number of rotatable bonds is 6. The lowest BCUT2D eigenvalue weighted by molar-refractivity contribution is 0.0792. The van der Waals surface area contributed by atoms with E-state index in [-0.39, 0.29) is 11.3 Å². The number of aromatic nitrogens is 2. The first-order chi connectivity index (χ1) is 11.8. The van der Waals surface area contributed by atoms with E-state index >= 15 is 0 Å². The van der Waals surface area contributed by atoms with Crippen LogP contribution in [-0.2, 0) is 5.41 Å². The predicted octanol–water partition coefficient (Wildman–Crippen LogP) is 4.39. The molecule has 1 heterocycles. The lowest BCUT2D eigenvalue weighted by Gasteiger charge is -2.19. The Morgan fingerprint density at radius 2 is 1.72 bits per heavy atom. The van der Waals surface area contributed by atoms with Crippen LogP contribution in [0.25, 0.3) is 0 Å². The largest absolute Gasteiger partial charge is 0.342 e. The smallest absolute Gasteiger partial charge is 0.256 e. The Kier molecular flexibility index (Phi) is 6.12. The summed E-state index contributed by atoms with van der Waals surface area (Å²) in [5.74, 6) is 0.436. The molecule has 0 atom stereocenters. The van der Waals surface area contributed by atoms with Crippen LogP contribution in [-0.4, -0.2) is 34.4 Å². The van der Waals surface area contributed by atoms with Crippen molar-refractivity contribution in [3.8, 4) is 0 Å². The fraction of sp³-hybridized carbons (Fsp3) is 0.450. The van der Waals surface area contributed by atoms with Crippen molar-refractivity contribution in [3.05, 3.63) is 47.8 Å². The number of hydrogen-bond donors (Lipinski definition) is 1. The van der Waals surface area contributed by atoms with E-state index in [1.54, 1.807) is 24.3 Å². The molecule has 1 aromatic heterocycles. The highest BCUT2D eigenvalue weighted by Gasteiger charge is 2.14. The van der Waals surface area contributed by atoms with Gasteiger partial charge < -0.3 is 10.2 Å². The second-order valence-electron chi connectivity index (χ2n) is 7.33. The molecule has 5 nitrogen and oxygen atoms in total. The zero-order valence-electron chi connectivity index (χ0n) is 15.8. The quantitative estimate of drug-likeness (QED) is 0.847. The predicted molar refractivity (Wildman–Crippen MR) is 102 cm³/mol. The lowest BCUT2D eigenvalue weighted by Crippen LogP contribution is -2.27. The van der Waals surface area contributed by atoms with Crippen LogP contribution in [0.15, 0.2) is 36.7 Å². The van der Waals surface area contributed by atoms with Crippen LogP contribution >= 0.6 is 0 Å². The van der Waals surface area contributed by atoms with Crippen LogP contribution in [0.4, 0.5) is 11.6 Å². The molecule has 0 radical (unpaired) electrons. The Hall–Kier alpha value is -2.43. The summed E-state index contributed by atoms with van der Waals surface area (Å²) in [4.78, 5) is 22.5. The highest BCUT2D eigenvalue weighted by molar-refractivity contribution is 5.93. The van der Waals surface area contributed by atoms with E-state index in [1.807, 2.05) is 12.1 Å². The van der Waals surface area contributed by atoms with Crippen molar-refractivity contribution in [3.63, 3.8) is 0 Å². The van der Waals surface area contributed by atoms with Gasteiger partial charge >= 0.3 is 0 Å². The summed E-state index contributed by atoms with van der Waals surface area (Å²) < 4.78 is 0. The normalized spacial score (nSPS) is 11.2. The minimum atomic E-state index is -0.0467. The minimum Gasteiger partial charge on any atom is -0.342 e. The van der Waals surface area contributed by atoms with Crippen LogP contribution in [0, 0.1) is 0 Å². The topological polar surface area (TPSA) is 58.1 Å². The molecule has 0 bridgehead atoms. The summed E-state index contributed by atoms with van der Waals surface area (Å²) in [6, 6.07) is 8.23. The Bertz CT molecular complexity index is 687. The number of nitrogens with zero attached hydrogens (tertiary/aromatic N) is 3. The molecule has 1 amide bonds. The highest BCUT2D eigenvalue weighted by atomic mass is 16.2. The number of amides is 1. The summed E-state index contributed by atoms with van der Waals surface area (Å²) in [7, 11) is 1.81. The molecule has 0 aliphatic carbocycles. The van der Waals surface area contributed by atoms with Crippen molar-refractivity contribution in [2.24, 2.45) is 0 Å². The molecule has 0 saturated heterocycles. The molecular formula is C20H28N4O. The van der Waals surface area contributed by atoms with E-state index < -0.39 is 0 Å². The second kappa shape index (κ2) is 8.10. The number of unbranched alkanes of at least 4 members (excludes halogenated alkanes) is 1. The first-order valence-corrected chi connectivity index (χ1v) is 8.76. The van der Waals surface area contributed by atoms with Crippen molar-refractivity contribution in [1.82, 2.24) is 14.9 Å². The average molecular weight is 340 g/mol. The minimum absolute atomic E-state index is 0.0467. The molecule has 1 aromatic carbocycles. The van der Waals surface area contributed by atoms with E-state index in [0.29, 0.717) is 11.5 Å². The standard InChI is InChI=1S/C20H28N4O/c1-6-7-12-24(5)18(25)15-13-21-19(22-14-15)23-17-10-8-16(9-11-17)20(2,3)4/h8-11,13-14H,6-7,12H2,1-5H3,(H,21,22,23). The van der Waals surface area contributed by atoms with Gasteiger partial charge in [0.15, 0.2) is 0 Å². The van der Waals surface area contributed by atoms with Crippen molar-refractivity contribution in [2.75, 3.05) is 18.9 Å². The molecule has 0 spiro atoms. The van der Waals surface area contributed by atoms with Crippen LogP contribution in [0.3, 0.4) is 0 Å². The number of nitrogens with one attached hydrogen (secondary N) is 1. The average Bonchev–Trinajstić information content (AvgIpc) is 2.59. The molecule has 2 rings (SSSR count). The maximum Gasteiger partial charge on any atom is 0.256 e. The van der Waals surface area contributed by atoms with Crippen LogP contribution < -0.4 is 5.32 Å². The summed E-state index contributed by atoms with van der Waals surface area (Å²) in [5, 5.41) is 3.17. The molecular weight excluding hydrogens is 312 g/mol. The van der Waals surface area contributed by atoms with E-state index in [1.165, 1.54) is 5.56 Å². The Morgan fingerprint density at radius 3 is 2.24 bits per heavy atom. The monoisotopic (exact) mass is 340 g/mol. The van der Waals surface area contributed by atoms with Gasteiger partial charge in [-0.3, -0.25) is 4.79 Å². The fourth-order valence-electron chi connectivity index (χ4n) is 2.40. The molecule has 1 N–H and O–H groups in total. The second-order valence-corrected chi connectivity index (χ2v) is 7.33. The summed E-state index contributed by atoms with van der Waals surface area (Å²) in [6.45, 7) is 9.41. The fourth-order valence-corrected chi connectivity index (χ4v) is 2.40. The van der Waals surface area contributed by atoms with Gasteiger partial charge in [-0.25, -0.2) is 9.97 Å². The van der Waals surface area contributed by atoms with Gasteiger partial charge in [-0.15, -0.1) is 0 Å². The van der Waals surface area contributed by atoms with Crippen molar-refractivity contribution in [2.45, 2.75) is 46.0 Å². The zero-order chi connectivity index (χ0) is 18.4. The van der Waals surface area contributed by atoms with Crippen molar-refractivity contribution >= 4 is 17.5 Å². The van der Waals surface area contributed by atoms with Gasteiger partial charge in [-0.1, -0.05) is 46.2 Å². The SMILES string of the molecule is CCCCN(C)C(=O)c1cnc(Nc2ccc(C(C)(C)C)cc2)nc1. The Morgan fingerprint density at radius 1 is 1.12 bits per heavy atom. The van der Waals surface area contributed by atoms with E-state index in [4.69, 9.17) is 0 Å². The Labute approximate surface area is 150 Å². The lowest BCUT2D eigenvalue weighted by atomic mass is 9.87. The van der Waals surface area contributed by atoms with Gasteiger partial charge in [-0.2, -0.15) is 0 Å². The number of carbonyl (C=O) groups excluding carboxylic acids is 1. The number of anilines is 2. The van der Waals surface area contributed by atoms with Gasteiger partial charge in [0.1, 0.15) is 0 Å². The number of carbonyl (C=O) groups is 1. The molecule has 0 aliphatic rings. The molecule has 0 saturated carbocycles. The van der Waals surface area contributed by atoms with Gasteiger partial charge in [0.25, 0.3) is 5.91 Å². The van der Waals surface area contributed by atoms with E-state index in [9.17, 15) is 4.79 Å². The van der Waals surface area contributed by atoms with Gasteiger partial charge in [0.2, 0.25) is 5.95 Å². The van der Waals surface area contributed by atoms with Crippen LogP contribution in [0.2, 0.25) is 0 Å². The van der Waals surface area contributed by atoms with Crippen molar-refractivity contribution < 1.29 is 4.79 Å². The van der Waals surface area contributed by atoms with E-state index in [2.05, 4.69) is 55.1 Å². The molecule has 2 aromatic rings. The molecule has 0 unspecified atom stereocenters. The highest BCUT2D eigenvalue weighted by Crippen LogP contribution is 2.24. The van der Waals surface area contributed by atoms with Gasteiger partial charge in [-0.05, 0) is 29.5 Å². The maximum atomic E-state index is 12.3. The summed E-state index contributed by atoms with van der Waals surface area (Å²) in [5.41, 5.74) is 2.83. The molecule has 134 valence electrons. The summed E-state index contributed by atoms with van der Waals surface area (Å²) in [6.07, 6.45) is 5.20.